The molecule has 0 spiro atoms. The summed E-state index contributed by atoms with van der Waals surface area (Å²) < 4.78 is 0. The van der Waals surface area contributed by atoms with Gasteiger partial charge in [-0.25, -0.2) is 0 Å². The summed E-state index contributed by atoms with van der Waals surface area (Å²) in [4.78, 5) is 2.20. The number of likely N-dealkylation sites (tertiary alicyclic amines) is 1. The zero-order chi connectivity index (χ0) is 6.85. The summed E-state index contributed by atoms with van der Waals surface area (Å²) in [5.41, 5.74) is 0. The average molecular weight is 127 g/mol. The van der Waals surface area contributed by atoms with Crippen LogP contribution in [0.25, 0.3) is 0 Å². The van der Waals surface area contributed by atoms with Crippen molar-refractivity contribution < 1.29 is 5.11 Å². The highest BCUT2D eigenvalue weighted by atomic mass is 16.3. The van der Waals surface area contributed by atoms with Gasteiger partial charge in [-0.15, -0.1) is 0 Å². The first-order valence-corrected chi connectivity index (χ1v) is 3.26. The molecule has 0 aromatic carbocycles. The molecule has 0 bridgehead atoms. The molecule has 9 heavy (non-hydrogen) atoms. The fraction of sp³-hybridized carbons (Fsp3) is 0.714. The van der Waals surface area contributed by atoms with Crippen LogP contribution in [0.15, 0.2) is 12.3 Å². The second kappa shape index (κ2) is 2.40. The largest absolute Gasteiger partial charge is 0.513 e. The van der Waals surface area contributed by atoms with E-state index >= 15 is 0 Å². The Labute approximate surface area is 55.8 Å². The van der Waals surface area contributed by atoms with Crippen molar-refractivity contribution in [2.45, 2.75) is 6.42 Å². The van der Waals surface area contributed by atoms with Gasteiger partial charge in [-0.2, -0.15) is 0 Å². The monoisotopic (exact) mass is 127 g/mol. The smallest absolute Gasteiger partial charge is 0.0895 e. The molecule has 52 valence electrons. The van der Waals surface area contributed by atoms with Crippen molar-refractivity contribution in [2.24, 2.45) is 5.92 Å². The van der Waals surface area contributed by atoms with Crippen molar-refractivity contribution in [3.05, 3.63) is 12.3 Å². The summed E-state index contributed by atoms with van der Waals surface area (Å²) in [5, 5.41) is 8.95. The zero-order valence-corrected chi connectivity index (χ0v) is 5.80. The minimum absolute atomic E-state index is 0.329. The summed E-state index contributed by atoms with van der Waals surface area (Å²) in [6.07, 6.45) is 1.06. The lowest BCUT2D eigenvalue weighted by Crippen LogP contribution is -2.14. The Morgan fingerprint density at radius 1 is 1.78 bits per heavy atom. The van der Waals surface area contributed by atoms with Gasteiger partial charge in [-0.1, -0.05) is 6.58 Å². The lowest BCUT2D eigenvalue weighted by Gasteiger charge is -2.07. The topological polar surface area (TPSA) is 23.5 Å². The van der Waals surface area contributed by atoms with Gasteiger partial charge in [0.1, 0.15) is 0 Å². The Balaban J connectivity index is 2.39. The summed E-state index contributed by atoms with van der Waals surface area (Å²) in [6, 6.07) is 0. The van der Waals surface area contributed by atoms with Crippen LogP contribution in [0.5, 0.6) is 0 Å². The predicted molar refractivity (Wildman–Crippen MR) is 37.4 cm³/mol. The maximum absolute atomic E-state index is 8.95. The van der Waals surface area contributed by atoms with Crippen molar-refractivity contribution in [1.82, 2.24) is 4.90 Å². The van der Waals surface area contributed by atoms with E-state index in [0.29, 0.717) is 11.7 Å². The van der Waals surface area contributed by atoms with Crippen molar-refractivity contribution in [1.29, 1.82) is 0 Å². The fourth-order valence-corrected chi connectivity index (χ4v) is 1.21. The Morgan fingerprint density at radius 2 is 2.44 bits per heavy atom. The van der Waals surface area contributed by atoms with Crippen LogP contribution in [0.3, 0.4) is 0 Å². The van der Waals surface area contributed by atoms with E-state index in [-0.39, 0.29) is 0 Å². The summed E-state index contributed by atoms with van der Waals surface area (Å²) in [5.74, 6) is 0.675. The first-order chi connectivity index (χ1) is 4.20. The second-order valence-electron chi connectivity index (χ2n) is 2.74. The van der Waals surface area contributed by atoms with Crippen LogP contribution in [-0.2, 0) is 0 Å². The lowest BCUT2D eigenvalue weighted by atomic mass is 10.1. The van der Waals surface area contributed by atoms with E-state index in [4.69, 9.17) is 5.11 Å². The molecule has 1 N–H and O–H groups in total. The van der Waals surface area contributed by atoms with Crippen molar-refractivity contribution in [3.63, 3.8) is 0 Å². The first-order valence-electron chi connectivity index (χ1n) is 3.26. The minimum Gasteiger partial charge on any atom is -0.513 e. The van der Waals surface area contributed by atoms with Gasteiger partial charge in [-0.3, -0.25) is 0 Å². The van der Waals surface area contributed by atoms with Gasteiger partial charge in [0.25, 0.3) is 0 Å². The molecule has 1 aliphatic heterocycles. The van der Waals surface area contributed by atoms with E-state index in [0.717, 1.165) is 19.5 Å². The number of rotatable bonds is 1. The number of hydrogen-bond acceptors (Lipinski definition) is 2. The molecule has 0 radical (unpaired) electrons. The maximum atomic E-state index is 8.95. The van der Waals surface area contributed by atoms with E-state index in [9.17, 15) is 0 Å². The lowest BCUT2D eigenvalue weighted by molar-refractivity contribution is 0.323. The number of aliphatic hydroxyl groups excluding tert-OH is 1. The fourth-order valence-electron chi connectivity index (χ4n) is 1.21. The summed E-state index contributed by atoms with van der Waals surface area (Å²) in [6.45, 7) is 5.56. The second-order valence-corrected chi connectivity index (χ2v) is 2.74. The molecule has 1 aliphatic rings. The molecule has 0 amide bonds. The number of hydrogen-bond donors (Lipinski definition) is 1. The Bertz CT molecular complexity index is 122. The standard InChI is InChI=1S/C7H13NO/c1-6(9)7-3-4-8(2)5-7/h7,9H,1,3-5H2,2H3/t7-/m0/s1. The van der Waals surface area contributed by atoms with E-state index in [2.05, 4.69) is 18.5 Å². The van der Waals surface area contributed by atoms with Gasteiger partial charge in [-0.05, 0) is 20.0 Å². The molecule has 1 saturated heterocycles. The molecule has 1 atom stereocenters. The molecular formula is C7H13NO. The molecule has 0 aromatic heterocycles. The van der Waals surface area contributed by atoms with Gasteiger partial charge >= 0.3 is 0 Å². The van der Waals surface area contributed by atoms with Crippen LogP contribution in [0.1, 0.15) is 6.42 Å². The van der Waals surface area contributed by atoms with Gasteiger partial charge in [0.05, 0.1) is 5.76 Å². The molecule has 2 nitrogen and oxygen atoms in total. The van der Waals surface area contributed by atoms with E-state index in [1.54, 1.807) is 0 Å². The highest BCUT2D eigenvalue weighted by molar-refractivity contribution is 4.93. The molecule has 1 rings (SSSR count). The van der Waals surface area contributed by atoms with Crippen LogP contribution in [-0.4, -0.2) is 30.1 Å². The summed E-state index contributed by atoms with van der Waals surface area (Å²) in [7, 11) is 2.06. The minimum atomic E-state index is 0.329. The van der Waals surface area contributed by atoms with Crippen LogP contribution in [0.2, 0.25) is 0 Å². The van der Waals surface area contributed by atoms with E-state index < -0.39 is 0 Å². The maximum Gasteiger partial charge on any atom is 0.0895 e. The molecule has 1 heterocycles. The molecule has 2 heteroatoms. The molecule has 0 aliphatic carbocycles. The average Bonchev–Trinajstić information content (AvgIpc) is 2.14. The third kappa shape index (κ3) is 1.45. The van der Waals surface area contributed by atoms with Crippen molar-refractivity contribution >= 4 is 0 Å². The van der Waals surface area contributed by atoms with Crippen molar-refractivity contribution in [2.75, 3.05) is 20.1 Å². The normalized spacial score (nSPS) is 28.8. The van der Waals surface area contributed by atoms with Gasteiger partial charge in [0.2, 0.25) is 0 Å². The van der Waals surface area contributed by atoms with Crippen LogP contribution in [0.4, 0.5) is 0 Å². The highest BCUT2D eigenvalue weighted by Gasteiger charge is 2.20. The third-order valence-corrected chi connectivity index (χ3v) is 1.86. The number of aliphatic hydroxyl groups is 1. The van der Waals surface area contributed by atoms with Gasteiger partial charge in [0, 0.05) is 12.5 Å². The van der Waals surface area contributed by atoms with Crippen LogP contribution >= 0.6 is 0 Å². The quantitative estimate of drug-likeness (QED) is 0.531. The molecule has 0 unspecified atom stereocenters. The highest BCUT2D eigenvalue weighted by Crippen LogP contribution is 2.18. The van der Waals surface area contributed by atoms with Crippen molar-refractivity contribution in [3.8, 4) is 0 Å². The first kappa shape index (κ1) is 6.62. The third-order valence-electron chi connectivity index (χ3n) is 1.86. The Kier molecular flexibility index (Phi) is 1.76. The number of nitrogens with zero attached hydrogens (tertiary/aromatic N) is 1. The van der Waals surface area contributed by atoms with Crippen LogP contribution in [0, 0.1) is 5.92 Å². The molecule has 0 aromatic rings. The summed E-state index contributed by atoms with van der Waals surface area (Å²) >= 11 is 0. The Hall–Kier alpha value is -0.500. The van der Waals surface area contributed by atoms with Gasteiger partial charge in [0.15, 0.2) is 0 Å². The SMILES string of the molecule is C=C(O)[C@H]1CCN(C)C1. The zero-order valence-electron chi connectivity index (χ0n) is 5.80. The predicted octanol–water partition coefficient (Wildman–Crippen LogP) is 1.01. The van der Waals surface area contributed by atoms with E-state index in [1.807, 2.05) is 0 Å². The van der Waals surface area contributed by atoms with Crippen LogP contribution < -0.4 is 0 Å². The molecule has 1 fully saturated rings. The van der Waals surface area contributed by atoms with E-state index in [1.165, 1.54) is 0 Å². The molecular weight excluding hydrogens is 114 g/mol. The van der Waals surface area contributed by atoms with Gasteiger partial charge < -0.3 is 10.0 Å². The Morgan fingerprint density at radius 3 is 2.67 bits per heavy atom. The molecule has 0 saturated carbocycles.